The molecule has 0 radical (unpaired) electrons. The van der Waals surface area contributed by atoms with E-state index in [0.29, 0.717) is 11.3 Å². The number of halogens is 1. The summed E-state index contributed by atoms with van der Waals surface area (Å²) in [6.07, 6.45) is 1.55. The summed E-state index contributed by atoms with van der Waals surface area (Å²) in [5.41, 5.74) is 0.702. The van der Waals surface area contributed by atoms with Crippen molar-refractivity contribution in [3.63, 3.8) is 0 Å². The molecular formula is C11H9FO2. The molecule has 0 unspecified atom stereocenters. The third-order valence-electron chi connectivity index (χ3n) is 1.96. The van der Waals surface area contributed by atoms with Crippen LogP contribution >= 0.6 is 0 Å². The maximum absolute atomic E-state index is 13.3. The van der Waals surface area contributed by atoms with E-state index in [1.807, 2.05) is 0 Å². The van der Waals surface area contributed by atoms with Gasteiger partial charge in [0.05, 0.1) is 13.4 Å². The highest BCUT2D eigenvalue weighted by Gasteiger charge is 2.06. The average molecular weight is 192 g/mol. The second-order valence-corrected chi connectivity index (χ2v) is 2.83. The fourth-order valence-corrected chi connectivity index (χ4v) is 1.26. The number of furan rings is 1. The van der Waals surface area contributed by atoms with Crippen LogP contribution in [0.1, 0.15) is 0 Å². The Hall–Kier alpha value is -1.77. The van der Waals surface area contributed by atoms with E-state index in [0.717, 1.165) is 0 Å². The van der Waals surface area contributed by atoms with Crippen molar-refractivity contribution in [2.45, 2.75) is 0 Å². The fourth-order valence-electron chi connectivity index (χ4n) is 1.26. The van der Waals surface area contributed by atoms with Crippen molar-refractivity contribution in [1.82, 2.24) is 0 Å². The van der Waals surface area contributed by atoms with Gasteiger partial charge < -0.3 is 9.15 Å². The van der Waals surface area contributed by atoms with Gasteiger partial charge in [0.2, 0.25) is 0 Å². The molecule has 0 saturated heterocycles. The normalized spacial score (nSPS) is 10.1. The van der Waals surface area contributed by atoms with Crippen LogP contribution in [-0.2, 0) is 0 Å². The molecule has 14 heavy (non-hydrogen) atoms. The first kappa shape index (κ1) is 8.81. The number of ether oxygens (including phenoxy) is 1. The average Bonchev–Trinajstić information content (AvgIpc) is 2.70. The number of hydrogen-bond donors (Lipinski definition) is 0. The molecule has 0 aliphatic rings. The maximum atomic E-state index is 13.3. The van der Waals surface area contributed by atoms with E-state index >= 15 is 0 Å². The molecule has 0 aliphatic heterocycles. The maximum Gasteiger partial charge on any atom is 0.165 e. The molecule has 0 saturated carbocycles. The number of benzene rings is 1. The summed E-state index contributed by atoms with van der Waals surface area (Å²) in [5.74, 6) is 0.494. The molecule has 0 N–H and O–H groups in total. The lowest BCUT2D eigenvalue weighted by atomic mass is 10.1. The molecule has 0 aliphatic carbocycles. The molecule has 0 atom stereocenters. The summed E-state index contributed by atoms with van der Waals surface area (Å²) >= 11 is 0. The van der Waals surface area contributed by atoms with Crippen molar-refractivity contribution in [1.29, 1.82) is 0 Å². The van der Waals surface area contributed by atoms with Gasteiger partial charge in [-0.2, -0.15) is 0 Å². The Morgan fingerprint density at radius 3 is 2.71 bits per heavy atom. The first-order valence-electron chi connectivity index (χ1n) is 4.18. The zero-order chi connectivity index (χ0) is 9.97. The van der Waals surface area contributed by atoms with Crippen LogP contribution in [0.3, 0.4) is 0 Å². The van der Waals surface area contributed by atoms with Gasteiger partial charge >= 0.3 is 0 Å². The minimum Gasteiger partial charge on any atom is -0.494 e. The molecule has 0 bridgehead atoms. The molecule has 3 heteroatoms. The van der Waals surface area contributed by atoms with Gasteiger partial charge in [-0.05, 0) is 30.3 Å². The number of rotatable bonds is 2. The summed E-state index contributed by atoms with van der Waals surface area (Å²) < 4.78 is 23.2. The second kappa shape index (κ2) is 3.54. The first-order chi connectivity index (χ1) is 6.81. The van der Waals surface area contributed by atoms with Crippen LogP contribution in [0.2, 0.25) is 0 Å². The third-order valence-corrected chi connectivity index (χ3v) is 1.96. The van der Waals surface area contributed by atoms with Crippen molar-refractivity contribution in [3.05, 3.63) is 42.4 Å². The zero-order valence-electron chi connectivity index (χ0n) is 7.66. The zero-order valence-corrected chi connectivity index (χ0v) is 7.66. The van der Waals surface area contributed by atoms with Crippen LogP contribution in [0.5, 0.6) is 5.75 Å². The molecule has 0 spiro atoms. The Morgan fingerprint density at radius 2 is 2.14 bits per heavy atom. The van der Waals surface area contributed by atoms with E-state index in [-0.39, 0.29) is 11.6 Å². The molecule has 2 rings (SSSR count). The third kappa shape index (κ3) is 1.48. The van der Waals surface area contributed by atoms with Gasteiger partial charge in [-0.1, -0.05) is 0 Å². The van der Waals surface area contributed by atoms with Crippen molar-refractivity contribution in [2.75, 3.05) is 7.11 Å². The lowest BCUT2D eigenvalue weighted by Crippen LogP contribution is -1.87. The molecule has 72 valence electrons. The standard InChI is InChI=1S/C11H9FO2/c1-13-11-5-4-8(7-9(11)12)10-3-2-6-14-10/h2-7H,1H3. The van der Waals surface area contributed by atoms with Gasteiger partial charge in [0.15, 0.2) is 11.6 Å². The van der Waals surface area contributed by atoms with Gasteiger partial charge in [-0.25, -0.2) is 4.39 Å². The highest BCUT2D eigenvalue weighted by Crippen LogP contribution is 2.25. The number of hydrogen-bond acceptors (Lipinski definition) is 2. The van der Waals surface area contributed by atoms with E-state index in [1.165, 1.54) is 13.2 Å². The first-order valence-corrected chi connectivity index (χ1v) is 4.18. The molecule has 0 amide bonds. The highest BCUT2D eigenvalue weighted by atomic mass is 19.1. The van der Waals surface area contributed by atoms with Crippen molar-refractivity contribution >= 4 is 0 Å². The minimum atomic E-state index is -0.388. The highest BCUT2D eigenvalue weighted by molar-refractivity contribution is 5.58. The summed E-state index contributed by atoms with van der Waals surface area (Å²) in [6, 6.07) is 8.25. The second-order valence-electron chi connectivity index (χ2n) is 2.83. The van der Waals surface area contributed by atoms with Gasteiger partial charge in [-0.15, -0.1) is 0 Å². The molecule has 1 aromatic carbocycles. The summed E-state index contributed by atoms with van der Waals surface area (Å²) in [4.78, 5) is 0. The Labute approximate surface area is 80.9 Å². The van der Waals surface area contributed by atoms with Gasteiger partial charge in [0.25, 0.3) is 0 Å². The van der Waals surface area contributed by atoms with Crippen LogP contribution in [0.15, 0.2) is 41.0 Å². The van der Waals surface area contributed by atoms with E-state index in [1.54, 1.807) is 30.5 Å². The SMILES string of the molecule is COc1ccc(-c2ccco2)cc1F. The van der Waals surface area contributed by atoms with Crippen LogP contribution in [0.25, 0.3) is 11.3 Å². The predicted molar refractivity (Wildman–Crippen MR) is 50.7 cm³/mol. The van der Waals surface area contributed by atoms with Gasteiger partial charge in [-0.3, -0.25) is 0 Å². The predicted octanol–water partition coefficient (Wildman–Crippen LogP) is 3.09. The minimum absolute atomic E-state index is 0.236. The summed E-state index contributed by atoms with van der Waals surface area (Å²) in [5, 5.41) is 0. The quantitative estimate of drug-likeness (QED) is 0.729. The van der Waals surface area contributed by atoms with E-state index in [9.17, 15) is 4.39 Å². The molecule has 1 aromatic heterocycles. The fraction of sp³-hybridized carbons (Fsp3) is 0.0909. The Morgan fingerprint density at radius 1 is 1.29 bits per heavy atom. The van der Waals surface area contributed by atoms with E-state index in [4.69, 9.17) is 9.15 Å². The van der Waals surface area contributed by atoms with Crippen LogP contribution in [0, 0.1) is 5.82 Å². The van der Waals surface area contributed by atoms with Crippen LogP contribution in [0.4, 0.5) is 4.39 Å². The Kier molecular flexibility index (Phi) is 2.23. The van der Waals surface area contributed by atoms with Gasteiger partial charge in [0.1, 0.15) is 5.76 Å². The summed E-state index contributed by atoms with van der Waals surface area (Å²) in [6.45, 7) is 0. The summed E-state index contributed by atoms with van der Waals surface area (Å²) in [7, 11) is 1.44. The van der Waals surface area contributed by atoms with Crippen LogP contribution in [-0.4, -0.2) is 7.11 Å². The van der Waals surface area contributed by atoms with Gasteiger partial charge in [0, 0.05) is 5.56 Å². The van der Waals surface area contributed by atoms with E-state index in [2.05, 4.69) is 0 Å². The largest absolute Gasteiger partial charge is 0.494 e. The lowest BCUT2D eigenvalue weighted by molar-refractivity contribution is 0.386. The van der Waals surface area contributed by atoms with E-state index < -0.39 is 0 Å². The molecule has 0 fully saturated rings. The Balaban J connectivity index is 2.43. The van der Waals surface area contributed by atoms with Crippen molar-refractivity contribution in [2.24, 2.45) is 0 Å². The molecular weight excluding hydrogens is 183 g/mol. The van der Waals surface area contributed by atoms with Crippen molar-refractivity contribution in [3.8, 4) is 17.1 Å². The molecule has 2 aromatic rings. The van der Waals surface area contributed by atoms with Crippen LogP contribution < -0.4 is 4.74 Å². The smallest absolute Gasteiger partial charge is 0.165 e. The molecule has 2 nitrogen and oxygen atoms in total. The molecule has 1 heterocycles. The monoisotopic (exact) mass is 192 g/mol. The lowest BCUT2D eigenvalue weighted by Gasteiger charge is -2.02. The topological polar surface area (TPSA) is 22.4 Å². The Bertz CT molecular complexity index is 421. The van der Waals surface area contributed by atoms with Crippen molar-refractivity contribution < 1.29 is 13.5 Å². The number of methoxy groups -OCH3 is 1.